The van der Waals surface area contributed by atoms with Crippen LogP contribution in [0.2, 0.25) is 10.0 Å². The number of hydrogen-bond donors (Lipinski definition) is 2. The van der Waals surface area contributed by atoms with Crippen LogP contribution in [0.1, 0.15) is 56.8 Å². The largest absolute Gasteiger partial charge is 0.352 e. The molecule has 2 amide bonds. The number of nitrogens with one attached hydrogen (secondary N) is 2. The molecule has 2 saturated heterocycles. The molecular weight excluding hydrogens is 397 g/mol. The Bertz CT molecular complexity index is 713. The Hall–Kier alpha value is -1.30. The lowest BCUT2D eigenvalue weighted by Gasteiger charge is -2.39. The molecule has 154 valence electrons. The van der Waals surface area contributed by atoms with Gasteiger partial charge in [0.1, 0.15) is 0 Å². The third-order valence-electron chi connectivity index (χ3n) is 5.50. The van der Waals surface area contributed by atoms with E-state index in [2.05, 4.69) is 15.5 Å². The lowest BCUT2D eigenvalue weighted by atomic mass is 9.90. The predicted molar refractivity (Wildman–Crippen MR) is 113 cm³/mol. The fraction of sp³-hybridized carbons (Fsp3) is 0.619. The first-order valence-corrected chi connectivity index (χ1v) is 10.7. The first-order chi connectivity index (χ1) is 13.1. The number of fused-ring (bicyclic) bond motifs is 2. The molecule has 2 aliphatic heterocycles. The summed E-state index contributed by atoms with van der Waals surface area (Å²) >= 11 is 12.0. The number of hydrogen-bond acceptors (Lipinski definition) is 3. The molecule has 5 nitrogen and oxygen atoms in total. The number of carbonyl (C=O) groups excluding carboxylic acids is 2. The summed E-state index contributed by atoms with van der Waals surface area (Å²) in [5, 5.41) is 6.99. The molecule has 2 heterocycles. The minimum atomic E-state index is -0.206. The van der Waals surface area contributed by atoms with Crippen molar-refractivity contribution in [3.05, 3.63) is 33.8 Å². The first-order valence-electron chi connectivity index (χ1n) is 9.92. The molecule has 2 fully saturated rings. The SMILES string of the molecule is CC(C)(C)NC(=O)CN1[C@@H]2CC[C@H]1CC(CNC(=O)c1cc(Cl)cc(Cl)c1)C2. The number of piperidine rings is 1. The number of nitrogens with zero attached hydrogens (tertiary/aromatic N) is 1. The van der Waals surface area contributed by atoms with E-state index in [9.17, 15) is 9.59 Å². The highest BCUT2D eigenvalue weighted by atomic mass is 35.5. The highest BCUT2D eigenvalue weighted by Gasteiger charge is 2.41. The van der Waals surface area contributed by atoms with Gasteiger partial charge in [0.25, 0.3) is 5.91 Å². The van der Waals surface area contributed by atoms with Gasteiger partial charge in [-0.3, -0.25) is 14.5 Å². The Balaban J connectivity index is 1.51. The predicted octanol–water partition coefficient (Wildman–Crippen LogP) is 3.88. The van der Waals surface area contributed by atoms with E-state index >= 15 is 0 Å². The smallest absolute Gasteiger partial charge is 0.251 e. The highest BCUT2D eigenvalue weighted by Crippen LogP contribution is 2.38. The minimum Gasteiger partial charge on any atom is -0.352 e. The summed E-state index contributed by atoms with van der Waals surface area (Å²) < 4.78 is 0. The van der Waals surface area contributed by atoms with Crippen molar-refractivity contribution < 1.29 is 9.59 Å². The van der Waals surface area contributed by atoms with Crippen molar-refractivity contribution in [3.63, 3.8) is 0 Å². The number of rotatable bonds is 5. The second kappa shape index (κ2) is 8.60. The Morgan fingerprint density at radius 1 is 1.07 bits per heavy atom. The fourth-order valence-electron chi connectivity index (χ4n) is 4.46. The van der Waals surface area contributed by atoms with Gasteiger partial charge in [-0.2, -0.15) is 0 Å². The van der Waals surface area contributed by atoms with Crippen LogP contribution in [0.4, 0.5) is 0 Å². The Morgan fingerprint density at radius 2 is 1.64 bits per heavy atom. The van der Waals surface area contributed by atoms with Gasteiger partial charge in [-0.15, -0.1) is 0 Å². The van der Waals surface area contributed by atoms with Crippen LogP contribution in [0.3, 0.4) is 0 Å². The topological polar surface area (TPSA) is 61.4 Å². The van der Waals surface area contributed by atoms with Gasteiger partial charge in [0.15, 0.2) is 0 Å². The summed E-state index contributed by atoms with van der Waals surface area (Å²) in [5.74, 6) is 0.371. The van der Waals surface area contributed by atoms with Crippen LogP contribution >= 0.6 is 23.2 Å². The number of amides is 2. The maximum absolute atomic E-state index is 12.4. The van der Waals surface area contributed by atoms with Gasteiger partial charge in [0, 0.05) is 39.8 Å². The average Bonchev–Trinajstić information content (AvgIpc) is 2.79. The summed E-state index contributed by atoms with van der Waals surface area (Å²) in [7, 11) is 0. The summed E-state index contributed by atoms with van der Waals surface area (Å²) in [4.78, 5) is 27.1. The maximum Gasteiger partial charge on any atom is 0.251 e. The molecule has 7 heteroatoms. The molecule has 0 spiro atoms. The van der Waals surface area contributed by atoms with E-state index in [0.717, 1.165) is 25.7 Å². The molecule has 0 radical (unpaired) electrons. The van der Waals surface area contributed by atoms with Crippen LogP contribution in [-0.2, 0) is 4.79 Å². The first kappa shape index (κ1) is 21.4. The Morgan fingerprint density at radius 3 is 2.18 bits per heavy atom. The van der Waals surface area contributed by atoms with Gasteiger partial charge in [-0.1, -0.05) is 23.2 Å². The third kappa shape index (κ3) is 5.62. The molecule has 2 N–H and O–H groups in total. The van der Waals surface area contributed by atoms with Gasteiger partial charge in [-0.25, -0.2) is 0 Å². The van der Waals surface area contributed by atoms with Crippen LogP contribution in [0.25, 0.3) is 0 Å². The van der Waals surface area contributed by atoms with Crippen molar-refractivity contribution in [1.82, 2.24) is 15.5 Å². The van der Waals surface area contributed by atoms with Crippen molar-refractivity contribution in [2.45, 2.75) is 64.1 Å². The van der Waals surface area contributed by atoms with E-state index in [-0.39, 0.29) is 17.4 Å². The molecule has 28 heavy (non-hydrogen) atoms. The van der Waals surface area contributed by atoms with E-state index < -0.39 is 0 Å². The van der Waals surface area contributed by atoms with Crippen LogP contribution in [0.5, 0.6) is 0 Å². The van der Waals surface area contributed by atoms with E-state index in [0.29, 0.717) is 46.7 Å². The Kier molecular flexibility index (Phi) is 6.58. The maximum atomic E-state index is 12.4. The molecule has 0 aromatic heterocycles. The van der Waals surface area contributed by atoms with Crippen molar-refractivity contribution in [1.29, 1.82) is 0 Å². The van der Waals surface area contributed by atoms with Gasteiger partial charge in [0.2, 0.25) is 5.91 Å². The van der Waals surface area contributed by atoms with Gasteiger partial charge < -0.3 is 10.6 Å². The van der Waals surface area contributed by atoms with Gasteiger partial charge >= 0.3 is 0 Å². The van der Waals surface area contributed by atoms with Crippen molar-refractivity contribution in [2.75, 3.05) is 13.1 Å². The summed E-state index contributed by atoms with van der Waals surface area (Å²) in [5.41, 5.74) is 0.277. The Labute approximate surface area is 177 Å². The molecule has 3 atom stereocenters. The van der Waals surface area contributed by atoms with E-state index in [4.69, 9.17) is 23.2 Å². The summed E-state index contributed by atoms with van der Waals surface area (Å²) in [6, 6.07) is 5.72. The van der Waals surface area contributed by atoms with Crippen LogP contribution in [-0.4, -0.2) is 47.4 Å². The monoisotopic (exact) mass is 425 g/mol. The molecule has 1 aromatic rings. The third-order valence-corrected chi connectivity index (χ3v) is 5.94. The fourth-order valence-corrected chi connectivity index (χ4v) is 4.99. The average molecular weight is 426 g/mol. The molecule has 3 rings (SSSR count). The van der Waals surface area contributed by atoms with Crippen LogP contribution in [0.15, 0.2) is 18.2 Å². The molecule has 2 aliphatic rings. The zero-order valence-electron chi connectivity index (χ0n) is 16.7. The molecule has 1 aromatic carbocycles. The zero-order chi connectivity index (χ0) is 20.5. The van der Waals surface area contributed by atoms with Crippen LogP contribution < -0.4 is 10.6 Å². The second-order valence-electron chi connectivity index (χ2n) is 9.06. The van der Waals surface area contributed by atoms with Crippen LogP contribution in [0, 0.1) is 5.92 Å². The van der Waals surface area contributed by atoms with Crippen molar-refractivity contribution in [2.24, 2.45) is 5.92 Å². The van der Waals surface area contributed by atoms with Crippen molar-refractivity contribution >= 4 is 35.0 Å². The van der Waals surface area contributed by atoms with E-state index in [1.54, 1.807) is 18.2 Å². The lowest BCUT2D eigenvalue weighted by molar-refractivity contribution is -0.125. The quantitative estimate of drug-likeness (QED) is 0.751. The molecule has 0 aliphatic carbocycles. The van der Waals surface area contributed by atoms with Gasteiger partial charge in [-0.05, 0) is 70.6 Å². The molecule has 2 bridgehead atoms. The van der Waals surface area contributed by atoms with Crippen molar-refractivity contribution in [3.8, 4) is 0 Å². The minimum absolute atomic E-state index is 0.0917. The summed E-state index contributed by atoms with van der Waals surface area (Å²) in [6.07, 6.45) is 4.27. The van der Waals surface area contributed by atoms with E-state index in [1.165, 1.54) is 0 Å². The van der Waals surface area contributed by atoms with E-state index in [1.807, 2.05) is 20.8 Å². The number of halogens is 2. The highest BCUT2D eigenvalue weighted by molar-refractivity contribution is 6.35. The zero-order valence-corrected chi connectivity index (χ0v) is 18.2. The molecule has 1 unspecified atom stereocenters. The number of carbonyl (C=O) groups is 2. The number of benzene rings is 1. The molecule has 0 saturated carbocycles. The summed E-state index contributed by atoms with van der Waals surface area (Å²) in [6.45, 7) is 7.11. The normalized spacial score (nSPS) is 24.8. The second-order valence-corrected chi connectivity index (χ2v) is 9.93. The lowest BCUT2D eigenvalue weighted by Crippen LogP contribution is -2.52. The molecular formula is C21H29Cl2N3O2. The standard InChI is InChI=1S/C21H29Cl2N3O2/c1-21(2,3)25-19(27)12-26-17-4-5-18(26)7-13(6-17)11-24-20(28)14-8-15(22)10-16(23)9-14/h8-10,13,17-18H,4-7,11-12H2,1-3H3,(H,24,28)(H,25,27)/t13?,17-,18+. The van der Waals surface area contributed by atoms with Gasteiger partial charge in [0.05, 0.1) is 6.54 Å².